The van der Waals surface area contributed by atoms with E-state index in [1.807, 2.05) is 18.2 Å². The van der Waals surface area contributed by atoms with Gasteiger partial charge in [0.05, 0.1) is 0 Å². The molecule has 3 rings (SSSR count). The van der Waals surface area contributed by atoms with Gasteiger partial charge in [0.1, 0.15) is 6.29 Å². The number of rotatable bonds is 16. The van der Waals surface area contributed by atoms with Crippen LogP contribution in [-0.4, -0.2) is 30.2 Å². The highest BCUT2D eigenvalue weighted by molar-refractivity contribution is 6.42. The number of nitrogens with one attached hydrogen (secondary N) is 1. The number of hydrogen-bond donors (Lipinski definition) is 1. The summed E-state index contributed by atoms with van der Waals surface area (Å²) in [4.78, 5) is 46.3. The van der Waals surface area contributed by atoms with Gasteiger partial charge in [-0.15, -0.1) is 0 Å². The first-order chi connectivity index (χ1) is 18.8. The summed E-state index contributed by atoms with van der Waals surface area (Å²) in [5, 5.41) is 6.14. The van der Waals surface area contributed by atoms with Crippen LogP contribution in [0, 0.1) is 0 Å². The third-order valence-corrected chi connectivity index (χ3v) is 6.93. The summed E-state index contributed by atoms with van der Waals surface area (Å²) in [6.45, 7) is 7.39. The van der Waals surface area contributed by atoms with E-state index < -0.39 is 11.6 Å². The number of ketones is 3. The monoisotopic (exact) mass is 525 g/mol. The molecule has 0 spiro atoms. The van der Waals surface area contributed by atoms with Gasteiger partial charge >= 0.3 is 0 Å². The van der Waals surface area contributed by atoms with Gasteiger partial charge < -0.3 is 5.32 Å². The van der Waals surface area contributed by atoms with Crippen LogP contribution in [-0.2, 0) is 33.8 Å². The Labute approximate surface area is 231 Å². The zero-order valence-corrected chi connectivity index (χ0v) is 23.3. The molecule has 0 unspecified atom stereocenters. The minimum absolute atomic E-state index is 0.00248. The molecule has 0 saturated carbocycles. The number of carbonyl (C=O) groups is 4. The van der Waals surface area contributed by atoms with Crippen LogP contribution in [0.2, 0.25) is 0 Å². The van der Waals surface area contributed by atoms with Crippen LogP contribution in [0.15, 0.2) is 66.7 Å². The Hall–Kier alpha value is -3.70. The molecule has 1 N–H and O–H groups in total. The van der Waals surface area contributed by atoms with E-state index in [1.54, 1.807) is 0 Å². The maximum absolute atomic E-state index is 12.0. The molecule has 0 aliphatic rings. The number of aryl methyl sites for hydroxylation is 2. The van der Waals surface area contributed by atoms with Gasteiger partial charge in [-0.1, -0.05) is 68.8 Å². The predicted molar refractivity (Wildman–Crippen MR) is 157 cm³/mol. The standard InChI is InChI=1S/C34H39NO4/c1-24(2)32-21-26(19-29-10-6-7-11-31(29)32)9-5-4-8-18-35-22-27-13-14-28(30(20-27)23-36)15-17-34(39)33(38)16-12-25(3)37/h6-7,10-14,16,19-21,23-24,35H,4-5,8-9,15,17-18,22H2,1-3H3/b16-12+. The van der Waals surface area contributed by atoms with Crippen molar-refractivity contribution in [3.8, 4) is 0 Å². The smallest absolute Gasteiger partial charge is 0.221 e. The summed E-state index contributed by atoms with van der Waals surface area (Å²) < 4.78 is 0. The minimum atomic E-state index is -0.698. The lowest BCUT2D eigenvalue weighted by Gasteiger charge is -2.13. The number of fused-ring (bicyclic) bond motifs is 1. The van der Waals surface area contributed by atoms with Crippen molar-refractivity contribution in [1.82, 2.24) is 5.32 Å². The molecule has 5 nitrogen and oxygen atoms in total. The number of benzene rings is 3. The molecule has 204 valence electrons. The summed E-state index contributed by atoms with van der Waals surface area (Å²) in [5.41, 5.74) is 5.10. The van der Waals surface area contributed by atoms with Crippen molar-refractivity contribution >= 4 is 34.4 Å². The van der Waals surface area contributed by atoms with E-state index in [2.05, 4.69) is 55.6 Å². The van der Waals surface area contributed by atoms with E-state index in [-0.39, 0.29) is 12.2 Å². The summed E-state index contributed by atoms with van der Waals surface area (Å²) in [6, 6.07) is 19.0. The fourth-order valence-corrected chi connectivity index (χ4v) is 4.76. The quantitative estimate of drug-likeness (QED) is 0.100. The van der Waals surface area contributed by atoms with Crippen LogP contribution in [0.5, 0.6) is 0 Å². The Morgan fingerprint density at radius 1 is 0.872 bits per heavy atom. The zero-order valence-electron chi connectivity index (χ0n) is 23.3. The second-order valence-corrected chi connectivity index (χ2v) is 10.4. The van der Waals surface area contributed by atoms with Crippen LogP contribution >= 0.6 is 0 Å². The number of allylic oxidation sites excluding steroid dienone is 2. The van der Waals surface area contributed by atoms with Gasteiger partial charge in [0.2, 0.25) is 11.6 Å². The Kier molecular flexibility index (Phi) is 11.5. The van der Waals surface area contributed by atoms with E-state index in [0.717, 1.165) is 61.8 Å². The fraction of sp³-hybridized carbons (Fsp3) is 0.353. The number of carbonyl (C=O) groups excluding carboxylic acids is 4. The van der Waals surface area contributed by atoms with Crippen molar-refractivity contribution in [3.05, 3.63) is 94.6 Å². The maximum Gasteiger partial charge on any atom is 0.221 e. The summed E-state index contributed by atoms with van der Waals surface area (Å²) in [7, 11) is 0. The molecule has 0 radical (unpaired) electrons. The molecule has 0 atom stereocenters. The van der Waals surface area contributed by atoms with E-state index in [9.17, 15) is 19.2 Å². The molecule has 0 aliphatic heterocycles. The van der Waals surface area contributed by atoms with Crippen molar-refractivity contribution in [3.63, 3.8) is 0 Å². The van der Waals surface area contributed by atoms with Crippen LogP contribution in [0.25, 0.3) is 10.8 Å². The summed E-state index contributed by atoms with van der Waals surface area (Å²) in [6.07, 6.45) is 7.63. The van der Waals surface area contributed by atoms with E-state index in [1.165, 1.54) is 28.8 Å². The molecule has 0 heterocycles. The number of Topliss-reactive ketones (excluding diaryl/α,β-unsaturated/α-hetero) is 1. The minimum Gasteiger partial charge on any atom is -0.313 e. The van der Waals surface area contributed by atoms with Gasteiger partial charge in [-0.3, -0.25) is 19.2 Å². The van der Waals surface area contributed by atoms with Crippen LogP contribution in [0.4, 0.5) is 0 Å². The Morgan fingerprint density at radius 3 is 2.41 bits per heavy atom. The Balaban J connectivity index is 1.41. The lowest BCUT2D eigenvalue weighted by atomic mass is 9.92. The maximum atomic E-state index is 12.0. The molecule has 3 aromatic carbocycles. The topological polar surface area (TPSA) is 80.3 Å². The lowest BCUT2D eigenvalue weighted by Crippen LogP contribution is -2.15. The highest BCUT2D eigenvalue weighted by Crippen LogP contribution is 2.28. The first-order valence-corrected chi connectivity index (χ1v) is 13.8. The molecular formula is C34H39NO4. The number of hydrogen-bond acceptors (Lipinski definition) is 5. The second kappa shape index (κ2) is 15.0. The van der Waals surface area contributed by atoms with E-state index in [0.29, 0.717) is 24.4 Å². The van der Waals surface area contributed by atoms with E-state index >= 15 is 0 Å². The molecule has 0 aliphatic carbocycles. The molecule has 39 heavy (non-hydrogen) atoms. The van der Waals surface area contributed by atoms with Gasteiger partial charge in [-0.2, -0.15) is 0 Å². The van der Waals surface area contributed by atoms with Crippen molar-refractivity contribution < 1.29 is 19.2 Å². The average Bonchev–Trinajstić information content (AvgIpc) is 2.93. The highest BCUT2D eigenvalue weighted by Gasteiger charge is 2.13. The molecular weight excluding hydrogens is 486 g/mol. The van der Waals surface area contributed by atoms with Crippen molar-refractivity contribution in [2.75, 3.05) is 6.54 Å². The van der Waals surface area contributed by atoms with Gasteiger partial charge in [-0.25, -0.2) is 0 Å². The van der Waals surface area contributed by atoms with Gasteiger partial charge in [0.15, 0.2) is 5.78 Å². The molecule has 0 fully saturated rings. The second-order valence-electron chi connectivity index (χ2n) is 10.4. The summed E-state index contributed by atoms with van der Waals surface area (Å²) >= 11 is 0. The average molecular weight is 526 g/mol. The van der Waals surface area contributed by atoms with Crippen LogP contribution < -0.4 is 5.32 Å². The van der Waals surface area contributed by atoms with Crippen LogP contribution in [0.3, 0.4) is 0 Å². The molecule has 0 amide bonds. The first kappa shape index (κ1) is 29.9. The molecule has 0 bridgehead atoms. The third kappa shape index (κ3) is 9.22. The third-order valence-electron chi connectivity index (χ3n) is 6.93. The van der Waals surface area contributed by atoms with Gasteiger partial charge in [0.25, 0.3) is 0 Å². The predicted octanol–water partition coefficient (Wildman–Crippen LogP) is 6.49. The number of unbranched alkanes of at least 4 members (excludes halogenated alkanes) is 2. The zero-order chi connectivity index (χ0) is 28.2. The largest absolute Gasteiger partial charge is 0.313 e. The first-order valence-electron chi connectivity index (χ1n) is 13.8. The van der Waals surface area contributed by atoms with E-state index in [4.69, 9.17) is 0 Å². The lowest BCUT2D eigenvalue weighted by molar-refractivity contribution is -0.133. The molecule has 0 aromatic heterocycles. The Bertz CT molecular complexity index is 1350. The van der Waals surface area contributed by atoms with Crippen molar-refractivity contribution in [1.29, 1.82) is 0 Å². The molecule has 5 heteroatoms. The SMILES string of the molecule is CC(=O)/C=C/C(=O)C(=O)CCc1ccc(CNCCCCCc2cc(C(C)C)c3ccccc3c2)cc1C=O. The van der Waals surface area contributed by atoms with Gasteiger partial charge in [0, 0.05) is 18.5 Å². The fourth-order valence-electron chi connectivity index (χ4n) is 4.76. The molecule has 0 saturated heterocycles. The van der Waals surface area contributed by atoms with Crippen molar-refractivity contribution in [2.45, 2.75) is 71.8 Å². The van der Waals surface area contributed by atoms with Crippen LogP contribution in [0.1, 0.15) is 85.0 Å². The van der Waals surface area contributed by atoms with Crippen molar-refractivity contribution in [2.24, 2.45) is 0 Å². The normalized spacial score (nSPS) is 11.4. The summed E-state index contributed by atoms with van der Waals surface area (Å²) in [5.74, 6) is -1.06. The number of aldehydes is 1. The van der Waals surface area contributed by atoms with Gasteiger partial charge in [-0.05, 0) is 96.3 Å². The highest BCUT2D eigenvalue weighted by atomic mass is 16.2. The Morgan fingerprint density at radius 2 is 1.67 bits per heavy atom. The molecule has 3 aromatic rings.